The summed E-state index contributed by atoms with van der Waals surface area (Å²) < 4.78 is 35.9. The molecule has 0 aliphatic rings. The Morgan fingerprint density at radius 1 is 1.26 bits per heavy atom. The molecule has 0 saturated carbocycles. The second-order valence-corrected chi connectivity index (χ2v) is 4.83. The average Bonchev–Trinajstić information content (AvgIpc) is 3.02. The minimum atomic E-state index is -1.08. The molecule has 1 heterocycles. The van der Waals surface area contributed by atoms with Gasteiger partial charge in [0.05, 0.1) is 12.7 Å². The predicted molar refractivity (Wildman–Crippen MR) is 77.6 cm³/mol. The lowest BCUT2D eigenvalue weighted by Crippen LogP contribution is -2.30. The molecular weight excluding hydrogens is 308 g/mol. The lowest BCUT2D eigenvalue weighted by atomic mass is 10.2. The quantitative estimate of drug-likeness (QED) is 0.830. The minimum Gasteiger partial charge on any atom is -0.469 e. The summed E-state index contributed by atoms with van der Waals surface area (Å²) in [5, 5.41) is 2.34. The summed E-state index contributed by atoms with van der Waals surface area (Å²) in [6.07, 6.45) is 0.866. The molecule has 0 fully saturated rings. The van der Waals surface area contributed by atoms with Crippen LogP contribution in [0.25, 0.3) is 0 Å². The zero-order valence-electron chi connectivity index (χ0n) is 12.3. The van der Waals surface area contributed by atoms with Crippen LogP contribution in [0.4, 0.5) is 14.5 Å². The first-order valence-electron chi connectivity index (χ1n) is 6.93. The summed E-state index contributed by atoms with van der Waals surface area (Å²) in [5.41, 5.74) is 0.0763. The number of rotatable bonds is 6. The summed E-state index contributed by atoms with van der Waals surface area (Å²) in [5.74, 6) is -2.65. The van der Waals surface area contributed by atoms with E-state index in [0.29, 0.717) is 12.2 Å². The van der Waals surface area contributed by atoms with Crippen LogP contribution in [0, 0.1) is 11.6 Å². The zero-order chi connectivity index (χ0) is 16.8. The molecule has 1 aromatic carbocycles. The smallest absolute Gasteiger partial charge is 0.307 e. The molecule has 1 atom stereocenters. The third-order valence-corrected chi connectivity index (χ3v) is 3.02. The topological polar surface area (TPSA) is 68.5 Å². The van der Waals surface area contributed by atoms with E-state index < -0.39 is 29.6 Å². The predicted octanol–water partition coefficient (Wildman–Crippen LogP) is 3.06. The Morgan fingerprint density at radius 2 is 2.04 bits per heavy atom. The van der Waals surface area contributed by atoms with Crippen LogP contribution in [0.3, 0.4) is 0 Å². The number of benzene rings is 1. The number of aryl methyl sites for hydroxylation is 1. The van der Waals surface area contributed by atoms with Gasteiger partial charge in [0, 0.05) is 18.2 Å². The number of furan rings is 1. The van der Waals surface area contributed by atoms with Crippen LogP contribution in [-0.2, 0) is 20.7 Å². The van der Waals surface area contributed by atoms with Gasteiger partial charge in [-0.05, 0) is 31.2 Å². The van der Waals surface area contributed by atoms with Gasteiger partial charge in [-0.3, -0.25) is 9.59 Å². The first kappa shape index (κ1) is 16.7. The van der Waals surface area contributed by atoms with Gasteiger partial charge in [0.2, 0.25) is 0 Å². The van der Waals surface area contributed by atoms with Crippen molar-refractivity contribution in [1.82, 2.24) is 0 Å². The Hall–Kier alpha value is -2.70. The van der Waals surface area contributed by atoms with Gasteiger partial charge in [-0.2, -0.15) is 0 Å². The highest BCUT2D eigenvalue weighted by molar-refractivity contribution is 5.95. The molecule has 5 nitrogen and oxygen atoms in total. The normalized spacial score (nSPS) is 11.8. The molecule has 23 heavy (non-hydrogen) atoms. The van der Waals surface area contributed by atoms with Gasteiger partial charge in [0.1, 0.15) is 5.76 Å². The van der Waals surface area contributed by atoms with E-state index in [0.717, 1.165) is 12.1 Å². The Labute approximate surface area is 131 Å². The van der Waals surface area contributed by atoms with E-state index in [1.54, 1.807) is 12.1 Å². The maximum absolute atomic E-state index is 13.1. The van der Waals surface area contributed by atoms with Crippen molar-refractivity contribution in [1.29, 1.82) is 0 Å². The van der Waals surface area contributed by atoms with Gasteiger partial charge < -0.3 is 14.5 Å². The number of ether oxygens (including phenoxy) is 1. The summed E-state index contributed by atoms with van der Waals surface area (Å²) >= 11 is 0. The molecule has 7 heteroatoms. The summed E-state index contributed by atoms with van der Waals surface area (Å²) in [6.45, 7) is 1.39. The number of carbonyl (C=O) groups is 2. The van der Waals surface area contributed by atoms with E-state index >= 15 is 0 Å². The largest absolute Gasteiger partial charge is 0.469 e. The monoisotopic (exact) mass is 323 g/mol. The molecule has 122 valence electrons. The second kappa shape index (κ2) is 7.53. The van der Waals surface area contributed by atoms with Crippen molar-refractivity contribution in [3.63, 3.8) is 0 Å². The van der Waals surface area contributed by atoms with Gasteiger partial charge in [-0.15, -0.1) is 0 Å². The Bertz CT molecular complexity index is 685. The zero-order valence-corrected chi connectivity index (χ0v) is 12.3. The number of hydrogen-bond acceptors (Lipinski definition) is 4. The van der Waals surface area contributed by atoms with Crippen molar-refractivity contribution in [3.05, 3.63) is 54.0 Å². The van der Waals surface area contributed by atoms with Crippen molar-refractivity contribution >= 4 is 17.6 Å². The maximum Gasteiger partial charge on any atom is 0.307 e. The van der Waals surface area contributed by atoms with Crippen molar-refractivity contribution in [3.8, 4) is 0 Å². The van der Waals surface area contributed by atoms with Crippen molar-refractivity contribution < 1.29 is 27.5 Å². The van der Waals surface area contributed by atoms with Crippen LogP contribution in [0.2, 0.25) is 0 Å². The molecule has 0 radical (unpaired) electrons. The molecule has 0 saturated heterocycles. The van der Waals surface area contributed by atoms with Crippen LogP contribution in [-0.4, -0.2) is 18.0 Å². The fourth-order valence-corrected chi connectivity index (χ4v) is 1.81. The number of anilines is 1. The van der Waals surface area contributed by atoms with Crippen LogP contribution in [0.15, 0.2) is 41.0 Å². The fraction of sp³-hybridized carbons (Fsp3) is 0.250. The molecule has 0 spiro atoms. The van der Waals surface area contributed by atoms with Gasteiger partial charge in [-0.25, -0.2) is 8.78 Å². The van der Waals surface area contributed by atoms with E-state index in [2.05, 4.69) is 5.32 Å². The Balaban J connectivity index is 1.81. The lowest BCUT2D eigenvalue weighted by Gasteiger charge is -2.13. The third kappa shape index (κ3) is 4.91. The molecular formula is C16H15F2NO4. The van der Waals surface area contributed by atoms with Gasteiger partial charge in [-0.1, -0.05) is 0 Å². The number of hydrogen-bond donors (Lipinski definition) is 1. The molecule has 0 aliphatic carbocycles. The minimum absolute atomic E-state index is 0.0658. The third-order valence-electron chi connectivity index (χ3n) is 3.02. The number of halogens is 2. The molecule has 1 amide bonds. The van der Waals surface area contributed by atoms with Gasteiger partial charge in [0.15, 0.2) is 17.7 Å². The van der Waals surface area contributed by atoms with E-state index in [1.165, 1.54) is 19.3 Å². The molecule has 1 aromatic heterocycles. The SMILES string of the molecule is C[C@H](OC(=O)CCc1ccco1)C(=O)Nc1ccc(F)c(F)c1. The number of nitrogens with one attached hydrogen (secondary N) is 1. The van der Waals surface area contributed by atoms with Crippen LogP contribution < -0.4 is 5.32 Å². The van der Waals surface area contributed by atoms with E-state index in [-0.39, 0.29) is 12.1 Å². The molecule has 0 aliphatic heterocycles. The lowest BCUT2D eigenvalue weighted by molar-refractivity contribution is -0.153. The van der Waals surface area contributed by atoms with E-state index in [9.17, 15) is 18.4 Å². The Morgan fingerprint density at radius 3 is 2.70 bits per heavy atom. The molecule has 0 bridgehead atoms. The summed E-state index contributed by atoms with van der Waals surface area (Å²) in [7, 11) is 0. The standard InChI is InChI=1S/C16H15F2NO4/c1-10(23-15(20)7-5-12-3-2-8-22-12)16(21)19-11-4-6-13(17)14(18)9-11/h2-4,6,8-10H,5,7H2,1H3,(H,19,21)/t10-/m0/s1. The van der Waals surface area contributed by atoms with Crippen LogP contribution in [0.1, 0.15) is 19.1 Å². The Kier molecular flexibility index (Phi) is 5.46. The average molecular weight is 323 g/mol. The van der Waals surface area contributed by atoms with E-state index in [4.69, 9.17) is 9.15 Å². The van der Waals surface area contributed by atoms with Gasteiger partial charge in [0.25, 0.3) is 5.91 Å². The highest BCUT2D eigenvalue weighted by Crippen LogP contribution is 2.14. The molecule has 2 aromatic rings. The number of esters is 1. The van der Waals surface area contributed by atoms with Crippen molar-refractivity contribution in [2.24, 2.45) is 0 Å². The first-order chi connectivity index (χ1) is 11.0. The van der Waals surface area contributed by atoms with Gasteiger partial charge >= 0.3 is 5.97 Å². The fourth-order valence-electron chi connectivity index (χ4n) is 1.81. The number of amides is 1. The van der Waals surface area contributed by atoms with Crippen LogP contribution in [0.5, 0.6) is 0 Å². The second-order valence-electron chi connectivity index (χ2n) is 4.83. The number of carbonyl (C=O) groups excluding carboxylic acids is 2. The van der Waals surface area contributed by atoms with Crippen molar-refractivity contribution in [2.45, 2.75) is 25.9 Å². The summed E-state index contributed by atoms with van der Waals surface area (Å²) in [6, 6.07) is 6.39. The highest BCUT2D eigenvalue weighted by Gasteiger charge is 2.18. The molecule has 1 N–H and O–H groups in total. The highest BCUT2D eigenvalue weighted by atomic mass is 19.2. The van der Waals surface area contributed by atoms with E-state index in [1.807, 2.05) is 0 Å². The van der Waals surface area contributed by atoms with Crippen molar-refractivity contribution in [2.75, 3.05) is 5.32 Å². The first-order valence-corrected chi connectivity index (χ1v) is 6.93. The maximum atomic E-state index is 13.1. The van der Waals surface area contributed by atoms with Crippen LogP contribution >= 0.6 is 0 Å². The summed E-state index contributed by atoms with van der Waals surface area (Å²) in [4.78, 5) is 23.5. The molecule has 0 unspecified atom stereocenters. The molecule has 2 rings (SSSR count).